The lowest BCUT2D eigenvalue weighted by Crippen LogP contribution is -2.31. The third-order valence-electron chi connectivity index (χ3n) is 4.50. The van der Waals surface area contributed by atoms with Crippen molar-refractivity contribution in [3.8, 4) is 0 Å². The van der Waals surface area contributed by atoms with Crippen LogP contribution in [0.25, 0.3) is 12.5 Å². The molecular weight excluding hydrogens is 373 g/mol. The third kappa shape index (κ3) is 5.04. The molecule has 0 bridgehead atoms. The maximum Gasteiger partial charge on any atom is 0.303 e. The molecule has 0 saturated carbocycles. The van der Waals surface area contributed by atoms with E-state index in [2.05, 4.69) is 33.6 Å². The molecule has 26 heavy (non-hydrogen) atoms. The standard InChI is InChI=1S/C19H27Cl2N3O2.83H2/c1-12(8-19(25)26)7-18-22-15-10-16(13(2)9-17(15)23(18)4)24(6-5-20)11-14(3)21;;;;;;;;;;;;;;;;;;;;;;;;;;;;;;;;;;;;;;;;;;;;;;;;;;;;;;;;;;;;;;;;;;;;;;;;;;;;;;;;;;;/h9-10,12,14H,5-8,11H2,1-4H3,(H,25,26);83*1H/i/hD. The number of aliphatic carboxylic acids is 1. The fourth-order valence-corrected chi connectivity index (χ4v) is 3.66. The summed E-state index contributed by atoms with van der Waals surface area (Å²) in [5.41, 5.74) is 4.19. The summed E-state index contributed by atoms with van der Waals surface area (Å²) in [6.45, 7) is 7.44. The Kier molecular flexibility index (Phi) is 6.65. The van der Waals surface area contributed by atoms with Crippen LogP contribution in [0.2, 0.25) is 0 Å². The highest BCUT2D eigenvalue weighted by atomic mass is 35.5. The van der Waals surface area contributed by atoms with Crippen LogP contribution in [0.3, 0.4) is 0 Å². The van der Waals surface area contributed by atoms with Gasteiger partial charge in [0.15, 0.2) is 0 Å². The molecule has 0 spiro atoms. The summed E-state index contributed by atoms with van der Waals surface area (Å²) in [5, 5.41) is 4.03. The summed E-state index contributed by atoms with van der Waals surface area (Å²) < 4.78 is 8.75. The van der Waals surface area contributed by atoms with Crippen LogP contribution in [0.15, 0.2) is 12.1 Å². The van der Waals surface area contributed by atoms with E-state index in [9.17, 15) is 4.79 Å². The number of aromatic nitrogens is 2. The van der Waals surface area contributed by atoms with Gasteiger partial charge in [-0.2, -0.15) is 0 Å². The molecule has 1 aromatic carbocycles. The highest BCUT2D eigenvalue weighted by molar-refractivity contribution is 6.20. The number of halogens is 2. The third-order valence-corrected chi connectivity index (χ3v) is 4.81. The van der Waals surface area contributed by atoms with Crippen molar-refractivity contribution in [1.29, 1.82) is 1.43 Å². The molecule has 0 aliphatic rings. The maximum absolute atomic E-state index is 11.3. The minimum absolute atomic E-state index is 0. The van der Waals surface area contributed by atoms with Gasteiger partial charge >= 0.3 is 5.97 Å². The summed E-state index contributed by atoms with van der Waals surface area (Å²) >= 11 is 12.2. The Morgan fingerprint density at radius 2 is 2.23 bits per heavy atom. The van der Waals surface area contributed by atoms with Gasteiger partial charge in [-0.25, -0.2) is 4.98 Å². The Bertz CT molecular complexity index is 875. The largest absolute Gasteiger partial charge is 0.481 e. The van der Waals surface area contributed by atoms with Crippen LogP contribution in [0.5, 0.6) is 0 Å². The van der Waals surface area contributed by atoms with Gasteiger partial charge in [-0.05, 0) is 37.5 Å². The summed E-state index contributed by atoms with van der Waals surface area (Å²) in [4.78, 5) is 18.3. The Morgan fingerprint density at radius 3 is 2.85 bits per heavy atom. The van der Waals surface area contributed by atoms with Gasteiger partial charge in [-0.3, -0.25) is 4.79 Å². The first kappa shape index (κ1) is 19.3. The second kappa shape index (κ2) is 8.96. The summed E-state index contributed by atoms with van der Waals surface area (Å²) in [6, 6.07) is 4.22. The molecule has 0 radical (unpaired) electrons. The summed E-state index contributed by atoms with van der Waals surface area (Å²) in [7, 11) is 1.98. The molecule has 2 rings (SSSR count). The lowest BCUT2D eigenvalue weighted by molar-refractivity contribution is -0.137. The van der Waals surface area contributed by atoms with Crippen molar-refractivity contribution in [1.82, 2.24) is 9.55 Å². The van der Waals surface area contributed by atoms with E-state index < -0.39 is 5.97 Å². The predicted octanol–water partition coefficient (Wildman–Crippen LogP) is 24.6. The zero-order valence-corrected chi connectivity index (χ0v) is 17.3. The zero-order valence-electron chi connectivity index (χ0n) is 16.8. The van der Waals surface area contributed by atoms with Crippen LogP contribution in [-0.2, 0) is 18.3 Å². The molecule has 0 aliphatic heterocycles. The van der Waals surface area contributed by atoms with Crippen molar-refractivity contribution in [3.63, 3.8) is 0 Å². The second-order valence-electron chi connectivity index (χ2n) is 7.02. The van der Waals surface area contributed by atoms with E-state index in [-0.39, 0.29) is 136 Å². The topological polar surface area (TPSA) is 58.4 Å². The normalized spacial score (nSPS) is 14.2. The number of aryl methyl sites for hydroxylation is 2. The van der Waals surface area contributed by atoms with Crippen LogP contribution in [0.1, 0.15) is 150 Å². The molecule has 1 N–H and O–H groups in total. The first-order valence-corrected chi connectivity index (χ1v) is 9.80. The molecule has 7 heteroatoms. The molecule has 0 saturated heterocycles. The van der Waals surface area contributed by atoms with Crippen molar-refractivity contribution in [2.75, 3.05) is 23.9 Å². The Morgan fingerprint density at radius 1 is 1.50 bits per heavy atom. The van der Waals surface area contributed by atoms with E-state index in [4.69, 9.17) is 29.6 Å². The molecule has 2 aromatic rings. The van der Waals surface area contributed by atoms with E-state index >= 15 is 0 Å². The van der Waals surface area contributed by atoms with Crippen LogP contribution in [-0.4, -0.2) is 45.0 Å². The highest BCUT2D eigenvalue weighted by Gasteiger charge is 2.17. The number of nitrogens with zero attached hydrogens (tertiary/aromatic N) is 3. The summed E-state index contributed by atoms with van der Waals surface area (Å²) in [5.74, 6) is 0.953. The van der Waals surface area contributed by atoms with Crippen molar-refractivity contribution in [2.45, 2.75) is 39.0 Å². The van der Waals surface area contributed by atoms with E-state index in [1.807, 2.05) is 20.9 Å². The Balaban J connectivity index is -0.00000000118. The van der Waals surface area contributed by atoms with E-state index in [1.165, 1.54) is 0 Å². The van der Waals surface area contributed by atoms with Crippen LogP contribution >= 0.6 is 23.2 Å². The van der Waals surface area contributed by atoms with Crippen molar-refractivity contribution < 1.29 is 128 Å². The van der Waals surface area contributed by atoms with Gasteiger partial charge in [0.1, 0.15) is 5.82 Å². The first-order chi connectivity index (χ1) is 12.8. The quantitative estimate of drug-likeness (QED) is 0.306. The van der Waals surface area contributed by atoms with Gasteiger partial charge in [-0.15, -0.1) is 23.2 Å². The molecule has 0 fully saturated rings. The van der Waals surface area contributed by atoms with E-state index in [0.717, 1.165) is 34.7 Å². The number of anilines is 1. The smallest absolute Gasteiger partial charge is 0.303 e. The minimum atomic E-state index is -0.522. The van der Waals surface area contributed by atoms with Gasteiger partial charge in [-0.1, -0.05) is 6.92 Å². The minimum Gasteiger partial charge on any atom is -0.481 e. The molecule has 0 aliphatic carbocycles. The lowest BCUT2D eigenvalue weighted by atomic mass is 10.0. The van der Waals surface area contributed by atoms with Gasteiger partial charge in [0.05, 0.1) is 11.0 Å². The molecule has 1 aromatic heterocycles. The number of hydrogen-bond acceptors (Lipinski definition) is 4. The second-order valence-corrected chi connectivity index (χ2v) is 8.14. The van der Waals surface area contributed by atoms with Crippen molar-refractivity contribution in [2.24, 2.45) is 13.0 Å². The number of hydrogen-bond donors (Lipinski definition) is 1. The first-order valence-electron chi connectivity index (χ1n) is 9.24. The SMILES string of the molecule is [2H]OC(=O)CC(C)Cc1nc2cc(N(CCCl)CC(C)Cl)c(C)cc2n1C.[HH].[HH].[HH].[HH].[HH].[HH].[HH].[HH].[HH].[HH].[HH].[HH].[HH].[HH].[HH].[HH].[HH].[HH].[HH].[HH].[HH].[HH].[HH].[HH].[HH].[HH].[HH].[HH].[HH].[HH].[HH].[HH].[HH].[HH].[HH].[HH].[HH].[HH].[HH].[HH].[HH].[HH].[HH].[HH].[HH].[HH].[HH].[HH].[HH].[HH].[HH].[HH].[HH].[HH].[HH].[HH].[HH].[HH].[HH].[HH].[HH].[HH].[HH].[HH].[HH].[HH].[HH].[HH].[HH].[HH].[HH].[HH].[HH].[HH].[HH].[HH].[HH].[HH].[HH].[HH].[HH].[HH].[HH]. The fourth-order valence-electron chi connectivity index (χ4n) is 3.29. The van der Waals surface area contributed by atoms with E-state index in [1.54, 1.807) is 0 Å². The maximum atomic E-state index is 11.3. The monoisotopic (exact) mass is 567 g/mol. The molecular formula is C19H193Cl2N3O2. The number of benzene rings is 1. The molecule has 0 amide bonds. The molecule has 310 valence electrons. The highest BCUT2D eigenvalue weighted by Crippen LogP contribution is 2.28. The Hall–Kier alpha value is -1.46. The number of rotatable bonds is 9. The van der Waals surface area contributed by atoms with Crippen LogP contribution in [0.4, 0.5) is 5.69 Å². The van der Waals surface area contributed by atoms with Gasteiger partial charge in [0, 0.05) is 168 Å². The van der Waals surface area contributed by atoms with Gasteiger partial charge in [0.25, 0.3) is 1.43 Å². The molecule has 2 atom stereocenters. The van der Waals surface area contributed by atoms with Crippen molar-refractivity contribution >= 4 is 45.9 Å². The van der Waals surface area contributed by atoms with Gasteiger partial charge < -0.3 is 14.6 Å². The lowest BCUT2D eigenvalue weighted by Gasteiger charge is -2.26. The van der Waals surface area contributed by atoms with Gasteiger partial charge in [0.2, 0.25) is 0 Å². The number of alkyl halides is 2. The average Bonchev–Trinajstić information content (AvgIpc) is 2.88. The Labute approximate surface area is 289 Å². The fraction of sp³-hybridized carbons (Fsp3) is 0.579. The van der Waals surface area contributed by atoms with Crippen molar-refractivity contribution in [3.05, 3.63) is 23.5 Å². The molecule has 2 unspecified atom stereocenters. The number of fused-ring (bicyclic) bond motifs is 1. The van der Waals surface area contributed by atoms with Crippen LogP contribution in [0, 0.1) is 12.8 Å². The number of carboxylic acids is 1. The number of carboxylic acid groups (broad SMARTS) is 1. The predicted molar refractivity (Wildman–Crippen MR) is 284 cm³/mol. The summed E-state index contributed by atoms with van der Waals surface area (Å²) in [6.07, 6.45) is 0.840. The molecule has 1 heterocycles. The number of imidazole rings is 1. The van der Waals surface area contributed by atoms with Crippen LogP contribution < -0.4 is 4.90 Å². The number of carbonyl (C=O) groups is 1. The van der Waals surface area contributed by atoms with E-state index in [0.29, 0.717) is 18.8 Å². The zero-order chi connectivity index (χ0) is 20.1. The molecule has 5 nitrogen and oxygen atoms in total. The average molecular weight is 569 g/mol.